The fourth-order valence-corrected chi connectivity index (χ4v) is 3.84. The Bertz CT molecular complexity index is 890. The summed E-state index contributed by atoms with van der Waals surface area (Å²) in [4.78, 5) is 7.18. The smallest absolute Gasteiger partial charge is 0.230 e. The minimum Gasteiger partial charge on any atom is -0.341 e. The summed E-state index contributed by atoms with van der Waals surface area (Å²) in [6, 6.07) is 4.17. The van der Waals surface area contributed by atoms with E-state index >= 15 is 0 Å². The summed E-state index contributed by atoms with van der Waals surface area (Å²) >= 11 is 3.64. The van der Waals surface area contributed by atoms with Gasteiger partial charge in [0.15, 0.2) is 5.65 Å². The predicted octanol–water partition coefficient (Wildman–Crippen LogP) is 3.37. The van der Waals surface area contributed by atoms with Crippen LogP contribution in [0.15, 0.2) is 16.6 Å². The number of benzene rings is 1. The maximum absolute atomic E-state index is 4.89. The van der Waals surface area contributed by atoms with E-state index in [2.05, 4.69) is 69.3 Å². The number of rotatable bonds is 1. The van der Waals surface area contributed by atoms with Crippen molar-refractivity contribution < 1.29 is 0 Å². The molecule has 7 heteroatoms. The van der Waals surface area contributed by atoms with Crippen molar-refractivity contribution in [3.05, 3.63) is 22.2 Å². The second kappa shape index (κ2) is 5.12. The van der Waals surface area contributed by atoms with Crippen LogP contribution in [0.4, 0.5) is 5.95 Å². The molecule has 120 valence electrons. The minimum atomic E-state index is 0.394. The summed E-state index contributed by atoms with van der Waals surface area (Å²) in [5, 5.41) is 13.3. The molecule has 0 N–H and O–H groups in total. The molecule has 3 heterocycles. The van der Waals surface area contributed by atoms with E-state index in [1.54, 1.807) is 4.52 Å². The van der Waals surface area contributed by atoms with Gasteiger partial charge in [-0.1, -0.05) is 13.8 Å². The molecule has 0 spiro atoms. The van der Waals surface area contributed by atoms with Crippen molar-refractivity contribution in [1.82, 2.24) is 25.0 Å². The highest BCUT2D eigenvalue weighted by atomic mass is 79.9. The lowest BCUT2D eigenvalue weighted by Crippen LogP contribution is -2.38. The topological polar surface area (TPSA) is 59.2 Å². The Kier molecular flexibility index (Phi) is 3.30. The molecule has 0 aliphatic carbocycles. The molecule has 0 saturated carbocycles. The van der Waals surface area contributed by atoms with E-state index in [0.29, 0.717) is 5.41 Å². The molecule has 3 aromatic rings. The number of piperidine rings is 1. The van der Waals surface area contributed by atoms with Gasteiger partial charge in [-0.3, -0.25) is 0 Å². The largest absolute Gasteiger partial charge is 0.341 e. The number of tetrazole rings is 1. The third-order valence-corrected chi connectivity index (χ3v) is 5.32. The summed E-state index contributed by atoms with van der Waals surface area (Å²) < 4.78 is 2.75. The monoisotopic (exact) mass is 374 g/mol. The van der Waals surface area contributed by atoms with E-state index in [4.69, 9.17) is 4.98 Å². The maximum atomic E-state index is 4.89. The molecule has 1 aromatic carbocycles. The maximum Gasteiger partial charge on any atom is 0.230 e. The molecular formula is C16H19BrN6. The normalized spacial score (nSPS) is 18.0. The summed E-state index contributed by atoms with van der Waals surface area (Å²) in [6.07, 6.45) is 2.29. The van der Waals surface area contributed by atoms with Gasteiger partial charge < -0.3 is 4.90 Å². The van der Waals surface area contributed by atoms with Crippen LogP contribution in [0.1, 0.15) is 32.3 Å². The number of nitrogens with zero attached hydrogens (tertiary/aromatic N) is 6. The SMILES string of the molecule is Cc1cc(Br)c2nc(N3CCC(C)(C)CC3)n3nnnc3c2c1. The standard InChI is InChI=1S/C16H19BrN6/c1-10-8-11-13(12(17)9-10)18-15(23-14(11)19-20-21-23)22-6-4-16(2,3)5-7-22/h8-9H,4-7H2,1-3H3. The Balaban J connectivity index is 1.91. The van der Waals surface area contributed by atoms with Gasteiger partial charge in [0.1, 0.15) is 0 Å². The van der Waals surface area contributed by atoms with Crippen molar-refractivity contribution >= 4 is 38.4 Å². The minimum absolute atomic E-state index is 0.394. The first-order chi connectivity index (χ1) is 10.9. The van der Waals surface area contributed by atoms with Crippen LogP contribution in [0.5, 0.6) is 0 Å². The van der Waals surface area contributed by atoms with Crippen LogP contribution in [0.25, 0.3) is 16.6 Å². The van der Waals surface area contributed by atoms with Gasteiger partial charge in [0.25, 0.3) is 0 Å². The van der Waals surface area contributed by atoms with Crippen LogP contribution in [0, 0.1) is 12.3 Å². The fraction of sp³-hybridized carbons (Fsp3) is 0.500. The Hall–Kier alpha value is -1.76. The number of halogens is 1. The highest BCUT2D eigenvalue weighted by Crippen LogP contribution is 2.33. The fourth-order valence-electron chi connectivity index (χ4n) is 3.17. The van der Waals surface area contributed by atoms with Crippen molar-refractivity contribution in [3.63, 3.8) is 0 Å². The predicted molar refractivity (Wildman–Crippen MR) is 93.7 cm³/mol. The quantitative estimate of drug-likeness (QED) is 0.653. The molecular weight excluding hydrogens is 356 g/mol. The zero-order valence-electron chi connectivity index (χ0n) is 13.5. The van der Waals surface area contributed by atoms with Crippen LogP contribution in [0.2, 0.25) is 0 Å². The van der Waals surface area contributed by atoms with Crippen LogP contribution in [-0.2, 0) is 0 Å². The molecule has 0 unspecified atom stereocenters. The first-order valence-corrected chi connectivity index (χ1v) is 8.67. The average Bonchev–Trinajstić information content (AvgIpc) is 2.97. The second-order valence-electron chi connectivity index (χ2n) is 7.12. The van der Waals surface area contributed by atoms with Crippen LogP contribution >= 0.6 is 15.9 Å². The summed E-state index contributed by atoms with van der Waals surface area (Å²) in [5.41, 5.74) is 3.23. The number of anilines is 1. The molecule has 1 fully saturated rings. The third-order valence-electron chi connectivity index (χ3n) is 4.72. The van der Waals surface area contributed by atoms with Crippen LogP contribution < -0.4 is 4.90 Å². The zero-order chi connectivity index (χ0) is 16.2. The third kappa shape index (κ3) is 2.47. The van der Waals surface area contributed by atoms with E-state index in [-0.39, 0.29) is 0 Å². The lowest BCUT2D eigenvalue weighted by Gasteiger charge is -2.37. The Labute approximate surface area is 143 Å². The second-order valence-corrected chi connectivity index (χ2v) is 7.97. The lowest BCUT2D eigenvalue weighted by molar-refractivity contribution is 0.278. The van der Waals surface area contributed by atoms with Gasteiger partial charge in [-0.2, -0.15) is 4.52 Å². The molecule has 0 amide bonds. The molecule has 0 radical (unpaired) electrons. The van der Waals surface area contributed by atoms with Gasteiger partial charge in [-0.25, -0.2) is 4.98 Å². The summed E-state index contributed by atoms with van der Waals surface area (Å²) in [5.74, 6) is 0.831. The Morgan fingerprint density at radius 2 is 1.91 bits per heavy atom. The van der Waals surface area contributed by atoms with Crippen LogP contribution in [-0.4, -0.2) is 38.1 Å². The van der Waals surface area contributed by atoms with Gasteiger partial charge in [0, 0.05) is 22.9 Å². The highest BCUT2D eigenvalue weighted by molar-refractivity contribution is 9.10. The van der Waals surface area contributed by atoms with E-state index < -0.39 is 0 Å². The van der Waals surface area contributed by atoms with Crippen molar-refractivity contribution in [3.8, 4) is 0 Å². The molecule has 2 aromatic heterocycles. The number of hydrogen-bond donors (Lipinski definition) is 0. The molecule has 0 bridgehead atoms. The number of fused-ring (bicyclic) bond motifs is 3. The van der Waals surface area contributed by atoms with Crippen molar-refractivity contribution in [2.24, 2.45) is 5.41 Å². The Morgan fingerprint density at radius 3 is 2.65 bits per heavy atom. The number of aryl methyl sites for hydroxylation is 1. The molecule has 1 aliphatic heterocycles. The molecule has 23 heavy (non-hydrogen) atoms. The Morgan fingerprint density at radius 1 is 1.17 bits per heavy atom. The van der Waals surface area contributed by atoms with E-state index in [1.165, 1.54) is 0 Å². The molecule has 6 nitrogen and oxygen atoms in total. The first-order valence-electron chi connectivity index (χ1n) is 7.87. The van der Waals surface area contributed by atoms with E-state index in [1.807, 2.05) is 0 Å². The summed E-state index contributed by atoms with van der Waals surface area (Å²) in [6.45, 7) is 8.66. The molecule has 0 atom stereocenters. The van der Waals surface area contributed by atoms with Gasteiger partial charge in [-0.05, 0) is 69.2 Å². The summed E-state index contributed by atoms with van der Waals surface area (Å²) in [7, 11) is 0. The van der Waals surface area contributed by atoms with Gasteiger partial charge in [0.05, 0.1) is 5.52 Å². The van der Waals surface area contributed by atoms with Gasteiger partial charge in [0.2, 0.25) is 5.95 Å². The van der Waals surface area contributed by atoms with E-state index in [9.17, 15) is 0 Å². The van der Waals surface area contributed by atoms with Crippen molar-refractivity contribution in [2.45, 2.75) is 33.6 Å². The zero-order valence-corrected chi connectivity index (χ0v) is 15.1. The van der Waals surface area contributed by atoms with Gasteiger partial charge >= 0.3 is 0 Å². The molecule has 1 saturated heterocycles. The van der Waals surface area contributed by atoms with Crippen LogP contribution in [0.3, 0.4) is 0 Å². The number of hydrogen-bond acceptors (Lipinski definition) is 5. The molecule has 1 aliphatic rings. The van der Waals surface area contributed by atoms with E-state index in [0.717, 1.165) is 58.5 Å². The first kappa shape index (κ1) is 14.8. The highest BCUT2D eigenvalue weighted by Gasteiger charge is 2.28. The molecule has 4 rings (SSSR count). The van der Waals surface area contributed by atoms with Gasteiger partial charge in [-0.15, -0.1) is 5.10 Å². The van der Waals surface area contributed by atoms with Crippen molar-refractivity contribution in [2.75, 3.05) is 18.0 Å². The average molecular weight is 375 g/mol. The number of aromatic nitrogens is 5. The lowest BCUT2D eigenvalue weighted by atomic mass is 9.83. The van der Waals surface area contributed by atoms with Crippen molar-refractivity contribution in [1.29, 1.82) is 0 Å².